The Labute approximate surface area is 160 Å². The van der Waals surface area contributed by atoms with E-state index in [1.54, 1.807) is 0 Å². The summed E-state index contributed by atoms with van der Waals surface area (Å²) in [6.07, 6.45) is 4.20. The lowest BCUT2D eigenvalue weighted by atomic mass is 9.96. The Morgan fingerprint density at radius 2 is 2.00 bits per heavy atom. The van der Waals surface area contributed by atoms with Gasteiger partial charge in [-0.15, -0.1) is 0 Å². The highest BCUT2D eigenvalue weighted by Crippen LogP contribution is 2.30. The number of carbonyl (C=O) groups excluding carboxylic acids is 1. The monoisotopic (exact) mass is 359 g/mol. The molecule has 1 saturated heterocycles. The number of amides is 1. The summed E-state index contributed by atoms with van der Waals surface area (Å²) in [5, 5.41) is 4.32. The van der Waals surface area contributed by atoms with Crippen LogP contribution < -0.4 is 10.2 Å². The van der Waals surface area contributed by atoms with Crippen LogP contribution in [0, 0.1) is 12.8 Å². The molecule has 4 heteroatoms. The molecule has 4 nitrogen and oxygen atoms in total. The Kier molecular flexibility index (Phi) is 5.05. The average Bonchev–Trinajstić information content (AvgIpc) is 2.73. The molecule has 1 N–H and O–H groups in total. The number of benzene rings is 2. The molecular weight excluding hydrogens is 334 g/mol. The first-order valence-corrected chi connectivity index (χ1v) is 9.65. The predicted molar refractivity (Wildman–Crippen MR) is 110 cm³/mol. The molecule has 1 fully saturated rings. The molecule has 1 atom stereocenters. The topological polar surface area (TPSA) is 45.2 Å². The second-order valence-corrected chi connectivity index (χ2v) is 7.33. The summed E-state index contributed by atoms with van der Waals surface area (Å²) in [4.78, 5) is 19.3. The lowest BCUT2D eigenvalue weighted by molar-refractivity contribution is 0.0945. The molecule has 1 aliphatic rings. The van der Waals surface area contributed by atoms with Crippen molar-refractivity contribution in [3.8, 4) is 0 Å². The highest BCUT2D eigenvalue weighted by molar-refractivity contribution is 5.94. The van der Waals surface area contributed by atoms with Gasteiger partial charge in [0, 0.05) is 42.5 Å². The zero-order valence-electron chi connectivity index (χ0n) is 15.7. The highest BCUT2D eigenvalue weighted by Gasteiger charge is 2.22. The summed E-state index contributed by atoms with van der Waals surface area (Å²) in [6, 6.07) is 17.9. The van der Waals surface area contributed by atoms with Crippen LogP contribution in [0.1, 0.15) is 28.8 Å². The normalized spacial score (nSPS) is 17.1. The number of pyridine rings is 1. The van der Waals surface area contributed by atoms with Gasteiger partial charge in [-0.25, -0.2) is 0 Å². The van der Waals surface area contributed by atoms with Crippen LogP contribution in [0.25, 0.3) is 10.9 Å². The van der Waals surface area contributed by atoms with Crippen molar-refractivity contribution in [2.75, 3.05) is 24.5 Å². The van der Waals surface area contributed by atoms with Gasteiger partial charge < -0.3 is 10.2 Å². The summed E-state index contributed by atoms with van der Waals surface area (Å²) in [5.41, 5.74) is 4.26. The second kappa shape index (κ2) is 7.78. The van der Waals surface area contributed by atoms with E-state index in [1.165, 1.54) is 16.6 Å². The fourth-order valence-electron chi connectivity index (χ4n) is 3.96. The molecule has 1 amide bonds. The molecule has 4 rings (SSSR count). The molecule has 0 saturated carbocycles. The molecule has 27 heavy (non-hydrogen) atoms. The summed E-state index contributed by atoms with van der Waals surface area (Å²) in [6.45, 7) is 4.84. The van der Waals surface area contributed by atoms with E-state index >= 15 is 0 Å². The van der Waals surface area contributed by atoms with E-state index in [4.69, 9.17) is 0 Å². The number of hydrogen-bond donors (Lipinski definition) is 1. The standard InChI is InChI=1S/C23H25N3O/c1-17-7-5-11-20-21(12-13-24-22(17)20)26-14-6-8-18(16-26)15-25-23(27)19-9-3-2-4-10-19/h2-5,7,9-13,18H,6,8,14-16H2,1H3,(H,25,27). The van der Waals surface area contributed by atoms with Gasteiger partial charge in [0.2, 0.25) is 0 Å². The number of carbonyl (C=O) groups is 1. The average molecular weight is 359 g/mol. The van der Waals surface area contributed by atoms with Crippen LogP contribution in [0.5, 0.6) is 0 Å². The van der Waals surface area contributed by atoms with E-state index in [0.717, 1.165) is 37.0 Å². The first-order valence-electron chi connectivity index (χ1n) is 9.65. The molecule has 0 radical (unpaired) electrons. The van der Waals surface area contributed by atoms with Crippen molar-refractivity contribution in [1.29, 1.82) is 0 Å². The summed E-state index contributed by atoms with van der Waals surface area (Å²) >= 11 is 0. The summed E-state index contributed by atoms with van der Waals surface area (Å²) in [5.74, 6) is 0.470. The van der Waals surface area contributed by atoms with E-state index in [1.807, 2.05) is 36.5 Å². The van der Waals surface area contributed by atoms with Crippen LogP contribution in [-0.4, -0.2) is 30.5 Å². The molecule has 0 bridgehead atoms. The zero-order valence-corrected chi connectivity index (χ0v) is 15.7. The molecule has 1 aromatic heterocycles. The van der Waals surface area contributed by atoms with Crippen molar-refractivity contribution in [3.05, 3.63) is 71.9 Å². The minimum Gasteiger partial charge on any atom is -0.371 e. The summed E-state index contributed by atoms with van der Waals surface area (Å²) < 4.78 is 0. The highest BCUT2D eigenvalue weighted by atomic mass is 16.1. The molecule has 2 heterocycles. The molecule has 0 aliphatic carbocycles. The molecular formula is C23H25N3O. The van der Waals surface area contributed by atoms with Gasteiger partial charge in [-0.3, -0.25) is 9.78 Å². The lowest BCUT2D eigenvalue weighted by Gasteiger charge is -2.35. The number of anilines is 1. The van der Waals surface area contributed by atoms with Gasteiger partial charge >= 0.3 is 0 Å². The van der Waals surface area contributed by atoms with Crippen molar-refractivity contribution in [2.45, 2.75) is 19.8 Å². The molecule has 138 valence electrons. The van der Waals surface area contributed by atoms with Gasteiger partial charge in [-0.2, -0.15) is 0 Å². The number of aromatic nitrogens is 1. The van der Waals surface area contributed by atoms with Gasteiger partial charge in [0.05, 0.1) is 5.52 Å². The fraction of sp³-hybridized carbons (Fsp3) is 0.304. The molecule has 3 aromatic rings. The third-order valence-corrected chi connectivity index (χ3v) is 5.40. The molecule has 1 unspecified atom stereocenters. The van der Waals surface area contributed by atoms with E-state index < -0.39 is 0 Å². The Balaban J connectivity index is 1.46. The van der Waals surface area contributed by atoms with Gasteiger partial charge in [0.15, 0.2) is 0 Å². The zero-order chi connectivity index (χ0) is 18.6. The molecule has 1 aliphatic heterocycles. The number of nitrogens with zero attached hydrogens (tertiary/aromatic N) is 2. The largest absolute Gasteiger partial charge is 0.371 e. The predicted octanol–water partition coefficient (Wildman–Crippen LogP) is 4.19. The Hall–Kier alpha value is -2.88. The van der Waals surface area contributed by atoms with Gasteiger partial charge in [-0.1, -0.05) is 36.4 Å². The minimum absolute atomic E-state index is 0.0118. The summed E-state index contributed by atoms with van der Waals surface area (Å²) in [7, 11) is 0. The van der Waals surface area contributed by atoms with Crippen LogP contribution in [0.2, 0.25) is 0 Å². The van der Waals surface area contributed by atoms with Gasteiger partial charge in [-0.05, 0) is 49.4 Å². The van der Waals surface area contributed by atoms with Crippen molar-refractivity contribution in [1.82, 2.24) is 10.3 Å². The molecule has 2 aromatic carbocycles. The van der Waals surface area contributed by atoms with Crippen LogP contribution >= 0.6 is 0 Å². The first-order chi connectivity index (χ1) is 13.2. The van der Waals surface area contributed by atoms with E-state index in [9.17, 15) is 4.79 Å². The van der Waals surface area contributed by atoms with Gasteiger partial charge in [0.25, 0.3) is 5.91 Å². The third-order valence-electron chi connectivity index (χ3n) is 5.40. The quantitative estimate of drug-likeness (QED) is 0.760. The minimum atomic E-state index is 0.0118. The number of piperidine rings is 1. The van der Waals surface area contributed by atoms with E-state index in [2.05, 4.69) is 46.4 Å². The maximum atomic E-state index is 12.3. The van der Waals surface area contributed by atoms with Crippen LogP contribution in [0.4, 0.5) is 5.69 Å². The maximum absolute atomic E-state index is 12.3. The number of aryl methyl sites for hydroxylation is 1. The number of para-hydroxylation sites is 1. The number of hydrogen-bond acceptors (Lipinski definition) is 3. The SMILES string of the molecule is Cc1cccc2c(N3CCCC(CNC(=O)c4ccccc4)C3)ccnc12. The van der Waals surface area contributed by atoms with Crippen LogP contribution in [-0.2, 0) is 0 Å². The lowest BCUT2D eigenvalue weighted by Crippen LogP contribution is -2.41. The third kappa shape index (κ3) is 3.80. The maximum Gasteiger partial charge on any atom is 0.251 e. The Morgan fingerprint density at radius 1 is 1.15 bits per heavy atom. The Morgan fingerprint density at radius 3 is 2.85 bits per heavy atom. The van der Waals surface area contributed by atoms with Crippen molar-refractivity contribution in [3.63, 3.8) is 0 Å². The van der Waals surface area contributed by atoms with E-state index in [-0.39, 0.29) is 5.91 Å². The Bertz CT molecular complexity index is 939. The van der Waals surface area contributed by atoms with Crippen LogP contribution in [0.15, 0.2) is 60.8 Å². The number of nitrogens with one attached hydrogen (secondary N) is 1. The van der Waals surface area contributed by atoms with Crippen LogP contribution in [0.3, 0.4) is 0 Å². The first kappa shape index (κ1) is 17.5. The van der Waals surface area contributed by atoms with Crippen molar-refractivity contribution >= 4 is 22.5 Å². The van der Waals surface area contributed by atoms with Crippen molar-refractivity contribution < 1.29 is 4.79 Å². The molecule has 0 spiro atoms. The number of fused-ring (bicyclic) bond motifs is 1. The van der Waals surface area contributed by atoms with Crippen molar-refractivity contribution in [2.24, 2.45) is 5.92 Å². The fourth-order valence-corrected chi connectivity index (χ4v) is 3.96. The van der Waals surface area contributed by atoms with E-state index in [0.29, 0.717) is 12.5 Å². The second-order valence-electron chi connectivity index (χ2n) is 7.33. The van der Waals surface area contributed by atoms with Gasteiger partial charge in [0.1, 0.15) is 0 Å². The smallest absolute Gasteiger partial charge is 0.251 e. The number of rotatable bonds is 4.